The molecule has 0 unspecified atom stereocenters. The highest BCUT2D eigenvalue weighted by molar-refractivity contribution is 6.30. The predicted octanol–water partition coefficient (Wildman–Crippen LogP) is 3.47. The summed E-state index contributed by atoms with van der Waals surface area (Å²) in [5.41, 5.74) is 13.2. The van der Waals surface area contributed by atoms with E-state index >= 15 is 0 Å². The Morgan fingerprint density at radius 1 is 1.13 bits per heavy atom. The predicted molar refractivity (Wildman–Crippen MR) is 118 cm³/mol. The number of piperidine rings is 1. The first kappa shape index (κ1) is 20.7. The molecule has 0 bridgehead atoms. The van der Waals surface area contributed by atoms with Gasteiger partial charge in [0, 0.05) is 23.7 Å². The summed E-state index contributed by atoms with van der Waals surface area (Å²) in [4.78, 5) is 25.0. The highest BCUT2D eigenvalue weighted by Crippen LogP contribution is 2.33. The molecule has 1 aromatic heterocycles. The maximum absolute atomic E-state index is 12.2. The van der Waals surface area contributed by atoms with Crippen molar-refractivity contribution in [1.29, 1.82) is 0 Å². The van der Waals surface area contributed by atoms with Crippen LogP contribution in [-0.4, -0.2) is 40.1 Å². The van der Waals surface area contributed by atoms with Gasteiger partial charge in [0.05, 0.1) is 6.04 Å². The Bertz CT molecular complexity index is 1100. The third kappa shape index (κ3) is 4.34. The molecule has 4 N–H and O–H groups in total. The van der Waals surface area contributed by atoms with Crippen molar-refractivity contribution in [2.75, 3.05) is 18.8 Å². The van der Waals surface area contributed by atoms with Gasteiger partial charge in [0.2, 0.25) is 6.41 Å². The van der Waals surface area contributed by atoms with Gasteiger partial charge in [-0.25, -0.2) is 4.68 Å². The number of nitrogen functional groups attached to an aromatic ring is 1. The number of nitrogens with two attached hydrogens (primary N) is 2. The first-order valence-corrected chi connectivity index (χ1v) is 10.2. The van der Waals surface area contributed by atoms with Crippen molar-refractivity contribution in [1.82, 2.24) is 14.7 Å². The summed E-state index contributed by atoms with van der Waals surface area (Å²) in [5.74, 6) is 0.832. The Morgan fingerprint density at radius 2 is 1.77 bits per heavy atom. The second kappa shape index (κ2) is 8.69. The van der Waals surface area contributed by atoms with Crippen molar-refractivity contribution in [3.05, 3.63) is 59.1 Å². The van der Waals surface area contributed by atoms with E-state index < -0.39 is 5.91 Å². The molecule has 2 amide bonds. The Morgan fingerprint density at radius 3 is 2.39 bits per heavy atom. The van der Waals surface area contributed by atoms with E-state index in [0.29, 0.717) is 40.9 Å². The summed E-state index contributed by atoms with van der Waals surface area (Å²) in [5, 5.41) is 5.24. The number of halogens is 1. The molecule has 1 aliphatic rings. The van der Waals surface area contributed by atoms with Crippen molar-refractivity contribution in [2.45, 2.75) is 18.9 Å². The van der Waals surface area contributed by atoms with Crippen LogP contribution < -0.4 is 16.2 Å². The van der Waals surface area contributed by atoms with E-state index in [9.17, 15) is 9.59 Å². The van der Waals surface area contributed by atoms with E-state index in [1.54, 1.807) is 58.1 Å². The lowest BCUT2D eigenvalue weighted by atomic mass is 10.1. The quantitative estimate of drug-likeness (QED) is 0.570. The number of aromatic nitrogens is 2. The lowest BCUT2D eigenvalue weighted by Gasteiger charge is -2.30. The minimum absolute atomic E-state index is 0.113. The summed E-state index contributed by atoms with van der Waals surface area (Å²) < 4.78 is 7.43. The maximum Gasteiger partial charge on any atom is 0.254 e. The number of amides is 2. The zero-order valence-electron chi connectivity index (χ0n) is 16.7. The van der Waals surface area contributed by atoms with E-state index in [0.717, 1.165) is 19.3 Å². The minimum Gasteiger partial charge on any atom is -0.457 e. The number of primary amides is 1. The summed E-state index contributed by atoms with van der Waals surface area (Å²) in [6, 6.07) is 14.1. The number of benzene rings is 2. The first-order chi connectivity index (χ1) is 15.0. The third-order valence-corrected chi connectivity index (χ3v) is 5.55. The number of likely N-dealkylation sites (tertiary alicyclic amines) is 1. The summed E-state index contributed by atoms with van der Waals surface area (Å²) in [6.45, 7) is 1.19. The van der Waals surface area contributed by atoms with Crippen molar-refractivity contribution in [2.24, 2.45) is 5.73 Å². The first-order valence-electron chi connectivity index (χ1n) is 9.87. The number of hydrogen-bond acceptors (Lipinski definition) is 5. The third-order valence-electron chi connectivity index (χ3n) is 5.29. The topological polar surface area (TPSA) is 116 Å². The number of carbonyl (C=O) groups is 2. The van der Waals surface area contributed by atoms with Gasteiger partial charge in [0.1, 0.15) is 28.6 Å². The fourth-order valence-corrected chi connectivity index (χ4v) is 3.89. The molecule has 2 aromatic carbocycles. The monoisotopic (exact) mass is 439 g/mol. The molecule has 0 radical (unpaired) electrons. The molecular formula is C22H22ClN5O3. The number of hydrogen-bond donors (Lipinski definition) is 2. The number of nitrogens with zero attached hydrogens (tertiary/aromatic N) is 3. The summed E-state index contributed by atoms with van der Waals surface area (Å²) >= 11 is 5.90. The van der Waals surface area contributed by atoms with Crippen LogP contribution in [0.2, 0.25) is 5.02 Å². The van der Waals surface area contributed by atoms with Gasteiger partial charge in [-0.15, -0.1) is 0 Å². The van der Waals surface area contributed by atoms with Gasteiger partial charge < -0.3 is 21.1 Å². The van der Waals surface area contributed by atoms with Gasteiger partial charge in [-0.05, 0) is 61.4 Å². The van der Waals surface area contributed by atoms with Gasteiger partial charge in [-0.3, -0.25) is 9.59 Å². The largest absolute Gasteiger partial charge is 0.457 e. The SMILES string of the molecule is NC(=O)c1c(-c2ccc(Oc3ccc(Cl)cc3)cc2)nn([C@@H]2CCCN(C=O)C2)c1N. The Labute approximate surface area is 184 Å². The van der Waals surface area contributed by atoms with Crippen LogP contribution in [0.5, 0.6) is 11.5 Å². The summed E-state index contributed by atoms with van der Waals surface area (Å²) in [6.07, 6.45) is 2.46. The van der Waals surface area contributed by atoms with Crippen LogP contribution in [0, 0.1) is 0 Å². The lowest BCUT2D eigenvalue weighted by molar-refractivity contribution is -0.119. The molecule has 0 aliphatic carbocycles. The Hall–Kier alpha value is -3.52. The second-order valence-electron chi connectivity index (χ2n) is 7.39. The molecule has 1 atom stereocenters. The zero-order chi connectivity index (χ0) is 22.0. The number of rotatable bonds is 6. The van der Waals surface area contributed by atoms with Crippen LogP contribution >= 0.6 is 11.6 Å². The van der Waals surface area contributed by atoms with Crippen LogP contribution in [0.15, 0.2) is 48.5 Å². The van der Waals surface area contributed by atoms with E-state index in [-0.39, 0.29) is 17.4 Å². The molecule has 2 heterocycles. The van der Waals surface area contributed by atoms with Crippen LogP contribution in [0.1, 0.15) is 29.2 Å². The molecule has 160 valence electrons. The fourth-order valence-electron chi connectivity index (χ4n) is 3.77. The zero-order valence-corrected chi connectivity index (χ0v) is 17.5. The highest BCUT2D eigenvalue weighted by Gasteiger charge is 2.28. The molecule has 0 spiro atoms. The average Bonchev–Trinajstić information content (AvgIpc) is 3.13. The molecule has 4 rings (SSSR count). The van der Waals surface area contributed by atoms with E-state index in [2.05, 4.69) is 5.10 Å². The smallest absolute Gasteiger partial charge is 0.254 e. The molecule has 9 heteroatoms. The molecular weight excluding hydrogens is 418 g/mol. The number of ether oxygens (including phenoxy) is 1. The minimum atomic E-state index is -0.650. The van der Waals surface area contributed by atoms with Crippen LogP contribution in [0.4, 0.5) is 5.82 Å². The molecule has 1 fully saturated rings. The maximum atomic E-state index is 12.2. The van der Waals surface area contributed by atoms with Crippen molar-refractivity contribution < 1.29 is 14.3 Å². The van der Waals surface area contributed by atoms with Gasteiger partial charge in [0.15, 0.2) is 0 Å². The van der Waals surface area contributed by atoms with Crippen molar-refractivity contribution in [3.8, 4) is 22.8 Å². The number of anilines is 1. The Balaban J connectivity index is 1.63. The van der Waals surface area contributed by atoms with Crippen LogP contribution in [-0.2, 0) is 4.79 Å². The van der Waals surface area contributed by atoms with E-state index in [1.807, 2.05) is 0 Å². The molecule has 8 nitrogen and oxygen atoms in total. The average molecular weight is 440 g/mol. The lowest BCUT2D eigenvalue weighted by Crippen LogP contribution is -2.36. The van der Waals surface area contributed by atoms with Gasteiger partial charge in [-0.1, -0.05) is 11.6 Å². The summed E-state index contributed by atoms with van der Waals surface area (Å²) in [7, 11) is 0. The highest BCUT2D eigenvalue weighted by atomic mass is 35.5. The number of carbonyl (C=O) groups excluding carboxylic acids is 2. The van der Waals surface area contributed by atoms with Gasteiger partial charge in [-0.2, -0.15) is 5.10 Å². The molecule has 31 heavy (non-hydrogen) atoms. The second-order valence-corrected chi connectivity index (χ2v) is 7.83. The molecule has 3 aromatic rings. The standard InChI is InChI=1S/C22H22ClN5O3/c23-15-5-9-18(10-6-15)31-17-7-3-14(4-8-17)20-19(22(25)30)21(24)28(26-20)16-2-1-11-27(12-16)13-29/h3-10,13,16H,1-2,11-12,24H2,(H2,25,30)/t16-/m1/s1. The van der Waals surface area contributed by atoms with Crippen LogP contribution in [0.25, 0.3) is 11.3 Å². The normalized spacial score (nSPS) is 16.2. The molecule has 1 aliphatic heterocycles. The molecule has 1 saturated heterocycles. The Kier molecular flexibility index (Phi) is 5.81. The van der Waals surface area contributed by atoms with Gasteiger partial charge in [0.25, 0.3) is 5.91 Å². The van der Waals surface area contributed by atoms with Crippen molar-refractivity contribution in [3.63, 3.8) is 0 Å². The fraction of sp³-hybridized carbons (Fsp3) is 0.227. The molecule has 0 saturated carbocycles. The van der Waals surface area contributed by atoms with Crippen molar-refractivity contribution >= 4 is 29.7 Å². The van der Waals surface area contributed by atoms with E-state index in [1.165, 1.54) is 0 Å². The van der Waals surface area contributed by atoms with Gasteiger partial charge >= 0.3 is 0 Å². The van der Waals surface area contributed by atoms with Crippen LogP contribution in [0.3, 0.4) is 0 Å². The van der Waals surface area contributed by atoms with E-state index in [4.69, 9.17) is 27.8 Å².